The van der Waals surface area contributed by atoms with E-state index in [-0.39, 0.29) is 23.3 Å². The Morgan fingerprint density at radius 1 is 1.13 bits per heavy atom. The van der Waals surface area contributed by atoms with Gasteiger partial charge in [0.25, 0.3) is 5.91 Å². The second kappa shape index (κ2) is 9.45. The molecule has 1 aliphatic heterocycles. The summed E-state index contributed by atoms with van der Waals surface area (Å²) in [6.45, 7) is 2.88. The molecule has 2 heterocycles. The first-order chi connectivity index (χ1) is 18.0. The van der Waals surface area contributed by atoms with Gasteiger partial charge >= 0.3 is 0 Å². The molecular formula is C28H24Cl2FN3O4. The van der Waals surface area contributed by atoms with E-state index in [1.807, 2.05) is 0 Å². The largest absolute Gasteiger partial charge is 0.369 e. The highest BCUT2D eigenvalue weighted by atomic mass is 35.5. The zero-order valence-electron chi connectivity index (χ0n) is 20.6. The van der Waals surface area contributed by atoms with Crippen LogP contribution in [0.5, 0.6) is 0 Å². The Kier molecular flexibility index (Phi) is 6.54. The Morgan fingerprint density at radius 3 is 2.34 bits per heavy atom. The van der Waals surface area contributed by atoms with E-state index in [1.165, 1.54) is 24.1 Å². The summed E-state index contributed by atoms with van der Waals surface area (Å²) in [5.74, 6) is -2.28. The molecule has 0 saturated heterocycles. The van der Waals surface area contributed by atoms with Crippen molar-refractivity contribution < 1.29 is 23.5 Å². The molecule has 1 fully saturated rings. The molecule has 2 amide bonds. The molecule has 2 N–H and O–H groups in total. The highest BCUT2D eigenvalue weighted by molar-refractivity contribution is 6.30. The first-order valence-corrected chi connectivity index (χ1v) is 12.8. The normalized spacial score (nSPS) is 20.2. The number of amides is 2. The van der Waals surface area contributed by atoms with Gasteiger partial charge in [-0.3, -0.25) is 24.3 Å². The van der Waals surface area contributed by atoms with Gasteiger partial charge in [0.2, 0.25) is 11.6 Å². The highest BCUT2D eigenvalue weighted by Gasteiger charge is 2.59. The first kappa shape index (κ1) is 26.3. The SMILES string of the molecule is CC(=O)c1cc(F)c2c(c1)C(=O)N([C@@H](C)c1ccc(Cl)cn1)[C@@]2(OCC1(C(N)=O)CC1)c1ccc(Cl)cc1. The fourth-order valence-corrected chi connectivity index (χ4v) is 5.21. The van der Waals surface area contributed by atoms with Crippen molar-refractivity contribution in [3.63, 3.8) is 0 Å². The first-order valence-electron chi connectivity index (χ1n) is 12.0. The van der Waals surface area contributed by atoms with Gasteiger partial charge in [-0.2, -0.15) is 0 Å². The highest BCUT2D eigenvalue weighted by Crippen LogP contribution is 2.53. The smallest absolute Gasteiger partial charge is 0.257 e. The lowest BCUT2D eigenvalue weighted by atomic mass is 9.90. The molecule has 2 aromatic carbocycles. The molecule has 5 rings (SSSR count). The topological polar surface area (TPSA) is 103 Å². The molecule has 1 aromatic heterocycles. The number of halogens is 3. The maximum absolute atomic E-state index is 16.1. The summed E-state index contributed by atoms with van der Waals surface area (Å²) in [6.07, 6.45) is 2.48. The number of aromatic nitrogens is 1. The van der Waals surface area contributed by atoms with Crippen LogP contribution in [0.4, 0.5) is 4.39 Å². The minimum atomic E-state index is -1.82. The summed E-state index contributed by atoms with van der Waals surface area (Å²) in [4.78, 5) is 44.3. The molecule has 7 nitrogen and oxygen atoms in total. The Hall–Kier alpha value is -3.33. The summed E-state index contributed by atoms with van der Waals surface area (Å²) in [7, 11) is 0. The Morgan fingerprint density at radius 2 is 1.79 bits per heavy atom. The summed E-state index contributed by atoms with van der Waals surface area (Å²) in [5.41, 5.74) is 3.79. The van der Waals surface area contributed by atoms with Crippen molar-refractivity contribution in [2.75, 3.05) is 6.61 Å². The van der Waals surface area contributed by atoms with Gasteiger partial charge in [-0.05, 0) is 63.1 Å². The number of carbonyl (C=O) groups excluding carboxylic acids is 3. The van der Waals surface area contributed by atoms with Crippen LogP contribution >= 0.6 is 23.2 Å². The van der Waals surface area contributed by atoms with Crippen LogP contribution in [0, 0.1) is 11.2 Å². The molecule has 2 aliphatic rings. The van der Waals surface area contributed by atoms with Crippen molar-refractivity contribution in [2.24, 2.45) is 11.1 Å². The van der Waals surface area contributed by atoms with Crippen LogP contribution in [0.3, 0.4) is 0 Å². The third kappa shape index (κ3) is 4.17. The summed E-state index contributed by atoms with van der Waals surface area (Å²) in [6, 6.07) is 11.5. The third-order valence-electron chi connectivity index (χ3n) is 7.36. The minimum absolute atomic E-state index is 0.0186. The van der Waals surface area contributed by atoms with Gasteiger partial charge in [0.1, 0.15) is 5.82 Å². The predicted molar refractivity (Wildman–Crippen MR) is 139 cm³/mol. The Balaban J connectivity index is 1.78. The lowest BCUT2D eigenvalue weighted by Crippen LogP contribution is -2.50. The maximum atomic E-state index is 16.1. The molecule has 0 bridgehead atoms. The van der Waals surface area contributed by atoms with Gasteiger partial charge in [-0.25, -0.2) is 4.39 Å². The number of hydrogen-bond acceptors (Lipinski definition) is 5. The molecule has 0 radical (unpaired) electrons. The summed E-state index contributed by atoms with van der Waals surface area (Å²) in [5, 5.41) is 0.835. The average Bonchev–Trinajstić information content (AvgIpc) is 3.63. The number of primary amides is 1. The van der Waals surface area contributed by atoms with E-state index in [0.717, 1.165) is 6.07 Å². The van der Waals surface area contributed by atoms with Gasteiger partial charge in [0.05, 0.1) is 39.9 Å². The van der Waals surface area contributed by atoms with Crippen molar-refractivity contribution in [1.82, 2.24) is 9.88 Å². The number of carbonyl (C=O) groups is 3. The van der Waals surface area contributed by atoms with E-state index in [9.17, 15) is 14.4 Å². The number of ether oxygens (including phenoxy) is 1. The monoisotopic (exact) mass is 555 g/mol. The van der Waals surface area contributed by atoms with Crippen LogP contribution in [-0.4, -0.2) is 34.1 Å². The molecule has 196 valence electrons. The second-order valence-electron chi connectivity index (χ2n) is 9.77. The predicted octanol–water partition coefficient (Wildman–Crippen LogP) is 5.43. The molecule has 0 unspecified atom stereocenters. The number of nitrogens with zero attached hydrogens (tertiary/aromatic N) is 2. The van der Waals surface area contributed by atoms with E-state index in [1.54, 1.807) is 43.3 Å². The van der Waals surface area contributed by atoms with Crippen LogP contribution < -0.4 is 5.73 Å². The van der Waals surface area contributed by atoms with Crippen LogP contribution in [-0.2, 0) is 15.3 Å². The van der Waals surface area contributed by atoms with Gasteiger partial charge in [-0.15, -0.1) is 0 Å². The lowest BCUT2D eigenvalue weighted by molar-refractivity contribution is -0.147. The zero-order chi connectivity index (χ0) is 27.4. The second-order valence-corrected chi connectivity index (χ2v) is 10.6. The number of fused-ring (bicyclic) bond motifs is 1. The quantitative estimate of drug-likeness (QED) is 0.373. The molecular weight excluding hydrogens is 532 g/mol. The van der Waals surface area contributed by atoms with Gasteiger partial charge in [-0.1, -0.05) is 35.3 Å². The van der Waals surface area contributed by atoms with Crippen molar-refractivity contribution in [3.8, 4) is 0 Å². The number of Topliss-reactive ketones (excluding diaryl/α,β-unsaturated/α-hetero) is 1. The fourth-order valence-electron chi connectivity index (χ4n) is 4.97. The molecule has 10 heteroatoms. The molecule has 38 heavy (non-hydrogen) atoms. The number of benzene rings is 2. The van der Waals surface area contributed by atoms with Crippen molar-refractivity contribution >= 4 is 40.8 Å². The molecule has 1 saturated carbocycles. The standard InChI is InChI=1S/C28H24Cl2FN3O4/c1-15(23-8-7-20(30)13-33-23)34-25(36)21-11-17(16(2)35)12-22(31)24(21)28(34,18-3-5-19(29)6-4-18)38-14-27(9-10-27)26(32)37/h3-8,11-13,15H,9-10,14H2,1-2H3,(H2,32,37)/t15-,28+/m0/s1. The molecule has 0 spiro atoms. The number of rotatable bonds is 8. The third-order valence-corrected chi connectivity index (χ3v) is 7.83. The Bertz CT molecular complexity index is 1460. The van der Waals surface area contributed by atoms with Crippen LogP contribution in [0.15, 0.2) is 54.7 Å². The van der Waals surface area contributed by atoms with Gasteiger partial charge in [0, 0.05) is 22.3 Å². The van der Waals surface area contributed by atoms with Gasteiger partial charge in [0.15, 0.2) is 5.78 Å². The molecule has 3 aromatic rings. The van der Waals surface area contributed by atoms with Crippen molar-refractivity contribution in [1.29, 1.82) is 0 Å². The van der Waals surface area contributed by atoms with E-state index in [2.05, 4.69) is 4.98 Å². The fraction of sp³-hybridized carbons (Fsp3) is 0.286. The molecule has 1 aliphatic carbocycles. The minimum Gasteiger partial charge on any atom is -0.369 e. The average molecular weight is 556 g/mol. The van der Waals surface area contributed by atoms with Crippen LogP contribution in [0.1, 0.15) is 70.3 Å². The number of ketones is 1. The number of pyridine rings is 1. The van der Waals surface area contributed by atoms with Crippen molar-refractivity contribution in [3.05, 3.63) is 98.5 Å². The molecule has 2 atom stereocenters. The number of nitrogens with two attached hydrogens (primary N) is 1. The van der Waals surface area contributed by atoms with Crippen molar-refractivity contribution in [2.45, 2.75) is 38.5 Å². The van der Waals surface area contributed by atoms with E-state index < -0.39 is 40.6 Å². The van der Waals surface area contributed by atoms with E-state index in [0.29, 0.717) is 34.1 Å². The van der Waals surface area contributed by atoms with E-state index >= 15 is 4.39 Å². The lowest BCUT2D eigenvalue weighted by Gasteiger charge is -2.43. The summed E-state index contributed by atoms with van der Waals surface area (Å²) < 4.78 is 22.6. The summed E-state index contributed by atoms with van der Waals surface area (Å²) >= 11 is 12.2. The Labute approximate surface area is 228 Å². The van der Waals surface area contributed by atoms with Gasteiger partial charge < -0.3 is 10.5 Å². The zero-order valence-corrected chi connectivity index (χ0v) is 22.1. The van der Waals surface area contributed by atoms with E-state index in [4.69, 9.17) is 33.7 Å². The van der Waals surface area contributed by atoms with Crippen LogP contribution in [0.25, 0.3) is 0 Å². The number of hydrogen-bond donors (Lipinski definition) is 1. The van der Waals surface area contributed by atoms with Crippen LogP contribution in [0.2, 0.25) is 10.0 Å². The maximum Gasteiger partial charge on any atom is 0.257 e.